The average molecular weight is 442 g/mol. The SMILES string of the molecule is O=C(CCNc1ccc(C(F)(F)F)cc1[N+](=O)[O-])NCCNC(=O)c1ccccc1F. The van der Waals surface area contributed by atoms with Gasteiger partial charge in [-0.2, -0.15) is 13.2 Å². The predicted molar refractivity (Wildman–Crippen MR) is 103 cm³/mol. The van der Waals surface area contributed by atoms with Gasteiger partial charge in [-0.15, -0.1) is 0 Å². The van der Waals surface area contributed by atoms with Crippen molar-refractivity contribution < 1.29 is 32.1 Å². The number of carbonyl (C=O) groups is 2. The lowest BCUT2D eigenvalue weighted by Gasteiger charge is -2.11. The van der Waals surface area contributed by atoms with E-state index in [1.54, 1.807) is 0 Å². The monoisotopic (exact) mass is 442 g/mol. The molecule has 2 aromatic rings. The van der Waals surface area contributed by atoms with Crippen LogP contribution < -0.4 is 16.0 Å². The molecule has 0 aromatic heterocycles. The fourth-order valence-corrected chi connectivity index (χ4v) is 2.53. The van der Waals surface area contributed by atoms with E-state index in [1.165, 1.54) is 18.2 Å². The summed E-state index contributed by atoms with van der Waals surface area (Å²) < 4.78 is 51.6. The molecule has 0 spiro atoms. The summed E-state index contributed by atoms with van der Waals surface area (Å²) in [6, 6.07) is 7.46. The summed E-state index contributed by atoms with van der Waals surface area (Å²) in [6.07, 6.45) is -4.84. The van der Waals surface area contributed by atoms with Crippen LogP contribution in [0.2, 0.25) is 0 Å². The third kappa shape index (κ3) is 6.94. The van der Waals surface area contributed by atoms with Crippen molar-refractivity contribution in [3.63, 3.8) is 0 Å². The average Bonchev–Trinajstić information content (AvgIpc) is 2.70. The molecule has 12 heteroatoms. The zero-order valence-corrected chi connectivity index (χ0v) is 16.0. The number of nitrogens with zero attached hydrogens (tertiary/aromatic N) is 1. The van der Waals surface area contributed by atoms with E-state index >= 15 is 0 Å². The molecule has 3 N–H and O–H groups in total. The molecule has 0 bridgehead atoms. The van der Waals surface area contributed by atoms with E-state index in [4.69, 9.17) is 0 Å². The Morgan fingerprint density at radius 2 is 1.68 bits per heavy atom. The number of nitro benzene ring substituents is 1. The van der Waals surface area contributed by atoms with Gasteiger partial charge in [0.1, 0.15) is 11.5 Å². The van der Waals surface area contributed by atoms with Gasteiger partial charge in [-0.3, -0.25) is 19.7 Å². The Balaban J connectivity index is 1.76. The van der Waals surface area contributed by atoms with Gasteiger partial charge in [-0.25, -0.2) is 4.39 Å². The highest BCUT2D eigenvalue weighted by Crippen LogP contribution is 2.34. The van der Waals surface area contributed by atoms with Gasteiger partial charge in [-0.05, 0) is 24.3 Å². The Morgan fingerprint density at radius 1 is 1.00 bits per heavy atom. The van der Waals surface area contributed by atoms with E-state index in [2.05, 4.69) is 16.0 Å². The lowest BCUT2D eigenvalue weighted by atomic mass is 10.1. The number of rotatable bonds is 9. The first-order valence-electron chi connectivity index (χ1n) is 8.98. The van der Waals surface area contributed by atoms with Crippen molar-refractivity contribution in [3.05, 3.63) is 69.5 Å². The van der Waals surface area contributed by atoms with Crippen LogP contribution in [0.4, 0.5) is 28.9 Å². The topological polar surface area (TPSA) is 113 Å². The molecule has 31 heavy (non-hydrogen) atoms. The molecule has 8 nitrogen and oxygen atoms in total. The molecule has 0 atom stereocenters. The van der Waals surface area contributed by atoms with Crippen LogP contribution in [0.15, 0.2) is 42.5 Å². The van der Waals surface area contributed by atoms with Crippen molar-refractivity contribution in [2.45, 2.75) is 12.6 Å². The third-order valence-electron chi connectivity index (χ3n) is 4.04. The van der Waals surface area contributed by atoms with E-state index < -0.39 is 40.0 Å². The van der Waals surface area contributed by atoms with Crippen LogP contribution in [-0.2, 0) is 11.0 Å². The molecular weight excluding hydrogens is 424 g/mol. The molecule has 2 rings (SSSR count). The summed E-state index contributed by atoms with van der Waals surface area (Å²) in [4.78, 5) is 33.7. The number of halogens is 4. The number of nitro groups is 1. The highest BCUT2D eigenvalue weighted by molar-refractivity contribution is 5.94. The van der Waals surface area contributed by atoms with Gasteiger partial charge in [-0.1, -0.05) is 12.1 Å². The largest absolute Gasteiger partial charge is 0.416 e. The molecule has 0 aliphatic heterocycles. The minimum absolute atomic E-state index is 0.0384. The van der Waals surface area contributed by atoms with Gasteiger partial charge >= 0.3 is 6.18 Å². The van der Waals surface area contributed by atoms with Gasteiger partial charge in [0.25, 0.3) is 11.6 Å². The second-order valence-corrected chi connectivity index (χ2v) is 6.25. The number of hydrogen-bond donors (Lipinski definition) is 3. The lowest BCUT2D eigenvalue weighted by molar-refractivity contribution is -0.384. The first kappa shape index (κ1) is 23.6. The third-order valence-corrected chi connectivity index (χ3v) is 4.04. The fraction of sp³-hybridized carbons (Fsp3) is 0.263. The van der Waals surface area contributed by atoms with Gasteiger partial charge in [0.2, 0.25) is 5.91 Å². The maximum Gasteiger partial charge on any atom is 0.416 e. The normalized spacial score (nSPS) is 11.0. The molecule has 0 fully saturated rings. The van der Waals surface area contributed by atoms with Crippen LogP contribution in [0.25, 0.3) is 0 Å². The number of amides is 2. The predicted octanol–water partition coefficient (Wildman–Crippen LogP) is 3.10. The number of benzene rings is 2. The van der Waals surface area contributed by atoms with Gasteiger partial charge in [0, 0.05) is 32.1 Å². The van der Waals surface area contributed by atoms with E-state index in [-0.39, 0.29) is 37.3 Å². The molecule has 0 saturated heterocycles. The van der Waals surface area contributed by atoms with Crippen molar-refractivity contribution in [2.75, 3.05) is 25.0 Å². The first-order chi connectivity index (χ1) is 14.6. The highest BCUT2D eigenvalue weighted by Gasteiger charge is 2.33. The maximum absolute atomic E-state index is 13.5. The van der Waals surface area contributed by atoms with Crippen molar-refractivity contribution in [1.29, 1.82) is 0 Å². The van der Waals surface area contributed by atoms with Gasteiger partial charge in [0.05, 0.1) is 16.1 Å². The molecular formula is C19H18F4N4O4. The van der Waals surface area contributed by atoms with Crippen LogP contribution in [0.1, 0.15) is 22.3 Å². The number of nitrogens with one attached hydrogen (secondary N) is 3. The van der Waals surface area contributed by atoms with Crippen LogP contribution in [-0.4, -0.2) is 36.4 Å². The van der Waals surface area contributed by atoms with Crippen LogP contribution in [0, 0.1) is 15.9 Å². The number of anilines is 1. The van der Waals surface area contributed by atoms with Gasteiger partial charge < -0.3 is 16.0 Å². The first-order valence-corrected chi connectivity index (χ1v) is 8.98. The molecule has 166 valence electrons. The Bertz CT molecular complexity index is 966. The summed E-state index contributed by atoms with van der Waals surface area (Å²) in [5.74, 6) is -1.77. The number of alkyl halides is 3. The molecule has 0 heterocycles. The number of hydrogen-bond acceptors (Lipinski definition) is 5. The number of carbonyl (C=O) groups excluding carboxylic acids is 2. The van der Waals surface area contributed by atoms with E-state index in [1.807, 2.05) is 0 Å². The maximum atomic E-state index is 13.5. The summed E-state index contributed by atoms with van der Waals surface area (Å²) in [5, 5.41) is 18.5. The Hall–Kier alpha value is -3.70. The summed E-state index contributed by atoms with van der Waals surface area (Å²) in [7, 11) is 0. The minimum atomic E-state index is -4.72. The van der Waals surface area contributed by atoms with Gasteiger partial charge in [0.15, 0.2) is 0 Å². The summed E-state index contributed by atoms with van der Waals surface area (Å²) in [5.41, 5.74) is -2.19. The van der Waals surface area contributed by atoms with E-state index in [0.29, 0.717) is 12.1 Å². The van der Waals surface area contributed by atoms with Crippen LogP contribution >= 0.6 is 0 Å². The molecule has 0 unspecified atom stereocenters. The molecule has 0 aliphatic rings. The minimum Gasteiger partial charge on any atom is -0.379 e. The summed E-state index contributed by atoms with van der Waals surface area (Å²) in [6.45, 7) is 0.0236. The standard InChI is InChI=1S/C19H18F4N4O4/c20-14-4-2-1-3-13(14)18(29)26-10-9-25-17(28)7-8-24-15-6-5-12(19(21,22)23)11-16(15)27(30)31/h1-6,11,24H,7-10H2,(H,25,28)(H,26,29). The van der Waals surface area contributed by atoms with Crippen molar-refractivity contribution >= 4 is 23.2 Å². The zero-order chi connectivity index (χ0) is 23.0. The van der Waals surface area contributed by atoms with Crippen LogP contribution in [0.3, 0.4) is 0 Å². The van der Waals surface area contributed by atoms with Crippen LogP contribution in [0.5, 0.6) is 0 Å². The van der Waals surface area contributed by atoms with Crippen molar-refractivity contribution in [2.24, 2.45) is 0 Å². The quantitative estimate of drug-likeness (QED) is 0.239. The second-order valence-electron chi connectivity index (χ2n) is 6.25. The fourth-order valence-electron chi connectivity index (χ4n) is 2.53. The van der Waals surface area contributed by atoms with E-state index in [0.717, 1.165) is 12.1 Å². The van der Waals surface area contributed by atoms with Crippen molar-refractivity contribution in [1.82, 2.24) is 10.6 Å². The van der Waals surface area contributed by atoms with Crippen molar-refractivity contribution in [3.8, 4) is 0 Å². The molecule has 0 aliphatic carbocycles. The lowest BCUT2D eigenvalue weighted by Crippen LogP contribution is -2.35. The smallest absolute Gasteiger partial charge is 0.379 e. The zero-order valence-electron chi connectivity index (χ0n) is 16.0. The van der Waals surface area contributed by atoms with E-state index in [9.17, 15) is 37.3 Å². The summed E-state index contributed by atoms with van der Waals surface area (Å²) >= 11 is 0. The molecule has 2 amide bonds. The molecule has 0 saturated carbocycles. The Morgan fingerprint density at radius 3 is 2.32 bits per heavy atom. The second kappa shape index (κ2) is 10.4. The molecule has 0 radical (unpaired) electrons. The highest BCUT2D eigenvalue weighted by atomic mass is 19.4. The Kier molecular flexibility index (Phi) is 7.88. The molecule has 2 aromatic carbocycles. The Labute approximate surface area is 173 Å².